The highest BCUT2D eigenvalue weighted by atomic mass is 19.4. The second-order valence-corrected chi connectivity index (χ2v) is 10.5. The van der Waals surface area contributed by atoms with Crippen molar-refractivity contribution in [1.29, 1.82) is 5.26 Å². The Morgan fingerprint density at radius 1 is 1.16 bits per heavy atom. The average Bonchev–Trinajstić information content (AvgIpc) is 3.06. The lowest BCUT2D eigenvalue weighted by atomic mass is 9.74. The number of aliphatic imine (C=N–C) groups is 1. The fourth-order valence-electron chi connectivity index (χ4n) is 5.63. The Labute approximate surface area is 212 Å². The van der Waals surface area contributed by atoms with Crippen molar-refractivity contribution in [2.75, 3.05) is 13.7 Å². The average molecular weight is 513 g/mol. The quantitative estimate of drug-likeness (QED) is 0.635. The topological polar surface area (TPSA) is 101 Å². The van der Waals surface area contributed by atoms with E-state index in [0.29, 0.717) is 23.5 Å². The van der Waals surface area contributed by atoms with Gasteiger partial charge in [0.15, 0.2) is 11.5 Å². The zero-order valence-electron chi connectivity index (χ0n) is 20.7. The summed E-state index contributed by atoms with van der Waals surface area (Å²) in [5.74, 6) is 0.312. The van der Waals surface area contributed by atoms with Crippen molar-refractivity contribution < 1.29 is 27.4 Å². The predicted octanol–water partition coefficient (Wildman–Crippen LogP) is 4.58. The van der Waals surface area contributed by atoms with E-state index in [1.165, 1.54) is 11.0 Å². The first-order valence-corrected chi connectivity index (χ1v) is 12.0. The molecule has 1 spiro atoms. The molecule has 0 saturated carbocycles. The van der Waals surface area contributed by atoms with Crippen LogP contribution in [0.25, 0.3) is 11.1 Å². The molecule has 2 N–H and O–H groups in total. The number of ether oxygens (including phenoxy) is 2. The third-order valence-electron chi connectivity index (χ3n) is 7.49. The van der Waals surface area contributed by atoms with E-state index in [1.807, 2.05) is 13.8 Å². The zero-order chi connectivity index (χ0) is 26.8. The van der Waals surface area contributed by atoms with Gasteiger partial charge in [0.25, 0.3) is 5.91 Å². The zero-order valence-corrected chi connectivity index (χ0v) is 20.7. The van der Waals surface area contributed by atoms with Gasteiger partial charge in [0.2, 0.25) is 0 Å². The van der Waals surface area contributed by atoms with Crippen molar-refractivity contribution in [2.24, 2.45) is 16.6 Å². The maximum atomic E-state index is 13.6. The van der Waals surface area contributed by atoms with Crippen molar-refractivity contribution in [3.63, 3.8) is 0 Å². The largest absolute Gasteiger partial charge is 0.490 e. The molecule has 7 nitrogen and oxygen atoms in total. The summed E-state index contributed by atoms with van der Waals surface area (Å²) in [5.41, 5.74) is 4.42. The van der Waals surface area contributed by atoms with Gasteiger partial charge in [0, 0.05) is 31.6 Å². The number of guanidine groups is 1. The summed E-state index contributed by atoms with van der Waals surface area (Å²) in [7, 11) is 1.55. The Balaban J connectivity index is 1.62. The van der Waals surface area contributed by atoms with Crippen LogP contribution >= 0.6 is 0 Å². The Morgan fingerprint density at radius 3 is 2.54 bits per heavy atom. The first-order valence-electron chi connectivity index (χ1n) is 12.0. The summed E-state index contributed by atoms with van der Waals surface area (Å²) < 4.78 is 52.8. The molecule has 10 heteroatoms. The van der Waals surface area contributed by atoms with Crippen LogP contribution in [0, 0.1) is 17.2 Å². The first kappa shape index (κ1) is 25.1. The monoisotopic (exact) mass is 512 g/mol. The second-order valence-electron chi connectivity index (χ2n) is 10.5. The molecule has 3 unspecified atom stereocenters. The molecule has 3 heterocycles. The molecule has 1 amide bonds. The number of alkyl halides is 3. The van der Waals surface area contributed by atoms with Crippen LogP contribution in [0.5, 0.6) is 5.75 Å². The van der Waals surface area contributed by atoms with Crippen molar-refractivity contribution in [1.82, 2.24) is 4.90 Å². The minimum Gasteiger partial charge on any atom is -0.490 e. The summed E-state index contributed by atoms with van der Waals surface area (Å²) in [6.45, 7) is 4.62. The van der Waals surface area contributed by atoms with Gasteiger partial charge in [-0.25, -0.2) is 4.99 Å². The molecular formula is C27H27F3N4O3. The van der Waals surface area contributed by atoms with Gasteiger partial charge in [-0.05, 0) is 68.1 Å². The van der Waals surface area contributed by atoms with E-state index in [-0.39, 0.29) is 47.0 Å². The van der Waals surface area contributed by atoms with Gasteiger partial charge >= 0.3 is 6.18 Å². The summed E-state index contributed by atoms with van der Waals surface area (Å²) >= 11 is 0. The molecule has 37 heavy (non-hydrogen) atoms. The van der Waals surface area contributed by atoms with Crippen LogP contribution < -0.4 is 10.5 Å². The summed E-state index contributed by atoms with van der Waals surface area (Å²) in [6, 6.07) is 9.91. The van der Waals surface area contributed by atoms with Crippen LogP contribution in [0.15, 0.2) is 41.4 Å². The molecule has 3 aliphatic heterocycles. The second kappa shape index (κ2) is 8.48. The van der Waals surface area contributed by atoms with Crippen LogP contribution in [0.4, 0.5) is 13.2 Å². The number of rotatable bonds is 2. The van der Waals surface area contributed by atoms with Crippen LogP contribution in [0.1, 0.15) is 49.8 Å². The molecule has 194 valence electrons. The van der Waals surface area contributed by atoms with Gasteiger partial charge in [-0.2, -0.15) is 18.4 Å². The van der Waals surface area contributed by atoms with Gasteiger partial charge in [-0.1, -0.05) is 6.07 Å². The predicted molar refractivity (Wildman–Crippen MR) is 129 cm³/mol. The van der Waals surface area contributed by atoms with E-state index in [1.54, 1.807) is 31.3 Å². The molecule has 5 rings (SSSR count). The highest BCUT2D eigenvalue weighted by molar-refractivity contribution is 6.07. The Bertz CT molecular complexity index is 1350. The lowest BCUT2D eigenvalue weighted by Gasteiger charge is -2.44. The number of hydrogen-bond acceptors (Lipinski definition) is 6. The highest BCUT2D eigenvalue weighted by Gasteiger charge is 2.55. The molecule has 3 atom stereocenters. The van der Waals surface area contributed by atoms with Crippen LogP contribution in [0.3, 0.4) is 0 Å². The van der Waals surface area contributed by atoms with Gasteiger partial charge < -0.3 is 15.2 Å². The van der Waals surface area contributed by atoms with Crippen molar-refractivity contribution in [3.8, 4) is 22.9 Å². The SMILES string of the molecule is CN1C(=O)C2(CC(C3CCOC(C)(C)C3)Oc3ccc(-c4cc(C#N)cc(C(F)(F)F)c4)cc32)N=C1N. The number of benzene rings is 2. The third kappa shape index (κ3) is 4.31. The number of amides is 1. The number of carbonyl (C=O) groups is 1. The Hall–Kier alpha value is -3.58. The third-order valence-corrected chi connectivity index (χ3v) is 7.49. The molecule has 1 fully saturated rings. The van der Waals surface area contributed by atoms with Crippen molar-refractivity contribution >= 4 is 11.9 Å². The van der Waals surface area contributed by atoms with Crippen molar-refractivity contribution in [3.05, 3.63) is 53.1 Å². The number of carbonyl (C=O) groups excluding carboxylic acids is 1. The normalized spacial score (nSPS) is 26.9. The molecule has 3 aliphatic rings. The van der Waals surface area contributed by atoms with E-state index in [4.69, 9.17) is 15.2 Å². The van der Waals surface area contributed by atoms with Crippen LogP contribution in [-0.4, -0.2) is 42.1 Å². The smallest absolute Gasteiger partial charge is 0.416 e. The number of fused-ring (bicyclic) bond motifs is 2. The molecule has 0 bridgehead atoms. The van der Waals surface area contributed by atoms with E-state index < -0.39 is 17.3 Å². The van der Waals surface area contributed by atoms with Crippen LogP contribution in [-0.2, 0) is 21.2 Å². The number of likely N-dealkylation sites (N-methyl/N-ethyl adjacent to an activating group) is 1. The maximum Gasteiger partial charge on any atom is 0.416 e. The van der Waals surface area contributed by atoms with Crippen LogP contribution in [0.2, 0.25) is 0 Å². The fourth-order valence-corrected chi connectivity index (χ4v) is 5.63. The van der Waals surface area contributed by atoms with E-state index in [0.717, 1.165) is 25.0 Å². The minimum atomic E-state index is -4.62. The lowest BCUT2D eigenvalue weighted by Crippen LogP contribution is -2.49. The maximum absolute atomic E-state index is 13.6. The number of nitriles is 1. The van der Waals surface area contributed by atoms with Gasteiger partial charge in [0.1, 0.15) is 11.9 Å². The molecule has 0 radical (unpaired) electrons. The van der Waals surface area contributed by atoms with E-state index in [2.05, 4.69) is 4.99 Å². The van der Waals surface area contributed by atoms with Gasteiger partial charge in [-0.3, -0.25) is 9.69 Å². The number of halogens is 3. The fraction of sp³-hybridized carbons (Fsp3) is 0.444. The van der Waals surface area contributed by atoms with E-state index in [9.17, 15) is 23.2 Å². The number of nitrogens with zero attached hydrogens (tertiary/aromatic N) is 3. The standard InChI is InChI=1S/C27H27F3N4O3/c1-25(2)12-17(6-7-36-25)22-13-26(23(35)34(3)24(32)33-26)20-11-16(4-5-21(20)37-22)18-8-15(14-31)9-19(10-18)27(28,29)30/h4-5,8-11,17,22H,6-7,12-13H2,1-3H3,(H2,32,33). The molecule has 2 aromatic carbocycles. The minimum absolute atomic E-state index is 0.0696. The summed E-state index contributed by atoms with van der Waals surface area (Å²) in [4.78, 5) is 19.5. The number of nitrogens with two attached hydrogens (primary N) is 1. The molecular weight excluding hydrogens is 485 g/mol. The Morgan fingerprint density at radius 2 is 1.92 bits per heavy atom. The molecule has 0 aromatic heterocycles. The number of hydrogen-bond donors (Lipinski definition) is 1. The summed E-state index contributed by atoms with van der Waals surface area (Å²) in [6.07, 6.45) is -3.19. The molecule has 1 saturated heterocycles. The van der Waals surface area contributed by atoms with E-state index >= 15 is 0 Å². The van der Waals surface area contributed by atoms with Gasteiger partial charge in [-0.15, -0.1) is 0 Å². The summed E-state index contributed by atoms with van der Waals surface area (Å²) in [5, 5.41) is 9.31. The highest BCUT2D eigenvalue weighted by Crippen LogP contribution is 2.50. The first-order chi connectivity index (χ1) is 17.3. The molecule has 0 aliphatic carbocycles. The van der Waals surface area contributed by atoms with Crippen molar-refractivity contribution in [2.45, 2.75) is 56.5 Å². The lowest BCUT2D eigenvalue weighted by molar-refractivity contribution is -0.137. The van der Waals surface area contributed by atoms with Gasteiger partial charge in [0.05, 0.1) is 22.8 Å². The molecule has 2 aromatic rings. The Kier molecular flexibility index (Phi) is 5.75.